The van der Waals surface area contributed by atoms with Gasteiger partial charge in [-0.2, -0.15) is 0 Å². The summed E-state index contributed by atoms with van der Waals surface area (Å²) in [6.07, 6.45) is 7.20. The van der Waals surface area contributed by atoms with Gasteiger partial charge in [0.15, 0.2) is 0 Å². The highest BCUT2D eigenvalue weighted by atomic mass is 16.2. The fraction of sp³-hybridized carbons (Fsp3) is 0.500. The number of rotatable bonds is 6. The van der Waals surface area contributed by atoms with E-state index in [-0.39, 0.29) is 11.8 Å². The third-order valence-corrected chi connectivity index (χ3v) is 3.72. The number of amides is 2. The normalized spacial score (nSPS) is 14.1. The molecule has 2 rings (SSSR count). The molecule has 0 unspecified atom stereocenters. The van der Waals surface area contributed by atoms with Crippen LogP contribution in [-0.2, 0) is 6.42 Å². The number of imide groups is 1. The zero-order valence-electron chi connectivity index (χ0n) is 11.7. The second-order valence-corrected chi connectivity index (χ2v) is 5.21. The molecule has 1 aromatic carbocycles. The van der Waals surface area contributed by atoms with Gasteiger partial charge >= 0.3 is 0 Å². The maximum absolute atomic E-state index is 11.9. The Bertz CT molecular complexity index is 494. The van der Waals surface area contributed by atoms with Gasteiger partial charge in [-0.25, -0.2) is 0 Å². The number of hydrogen-bond donors (Lipinski definition) is 0. The quantitative estimate of drug-likeness (QED) is 0.580. The molecule has 3 nitrogen and oxygen atoms in total. The summed E-state index contributed by atoms with van der Waals surface area (Å²) in [7, 11) is 1.54. The average Bonchev–Trinajstić information content (AvgIpc) is 2.64. The van der Waals surface area contributed by atoms with Crippen LogP contribution in [0.15, 0.2) is 18.2 Å². The van der Waals surface area contributed by atoms with Gasteiger partial charge in [0.2, 0.25) is 0 Å². The summed E-state index contributed by atoms with van der Waals surface area (Å²) >= 11 is 0. The molecular formula is C16H21NO2. The van der Waals surface area contributed by atoms with Crippen LogP contribution in [-0.4, -0.2) is 23.8 Å². The van der Waals surface area contributed by atoms with Crippen molar-refractivity contribution in [3.8, 4) is 0 Å². The second-order valence-electron chi connectivity index (χ2n) is 5.21. The van der Waals surface area contributed by atoms with Crippen LogP contribution in [0.3, 0.4) is 0 Å². The smallest absolute Gasteiger partial charge is 0.261 e. The lowest BCUT2D eigenvalue weighted by atomic mass is 10.0. The van der Waals surface area contributed by atoms with Crippen molar-refractivity contribution >= 4 is 11.8 Å². The fourth-order valence-electron chi connectivity index (χ4n) is 2.50. The van der Waals surface area contributed by atoms with Crippen LogP contribution in [0.5, 0.6) is 0 Å². The van der Waals surface area contributed by atoms with E-state index in [1.165, 1.54) is 37.6 Å². The molecule has 1 aromatic rings. The van der Waals surface area contributed by atoms with Gasteiger partial charge in [-0.1, -0.05) is 38.7 Å². The minimum Gasteiger partial charge on any atom is -0.277 e. The van der Waals surface area contributed by atoms with Crippen LogP contribution in [0.25, 0.3) is 0 Å². The van der Waals surface area contributed by atoms with Gasteiger partial charge in [-0.3, -0.25) is 14.5 Å². The maximum atomic E-state index is 11.9. The molecule has 19 heavy (non-hydrogen) atoms. The monoisotopic (exact) mass is 259 g/mol. The van der Waals surface area contributed by atoms with Gasteiger partial charge in [0.1, 0.15) is 0 Å². The summed E-state index contributed by atoms with van der Waals surface area (Å²) in [5.41, 5.74) is 2.27. The molecule has 2 amide bonds. The minimum atomic E-state index is -0.186. The molecule has 0 atom stereocenters. The zero-order valence-corrected chi connectivity index (χ0v) is 11.7. The van der Waals surface area contributed by atoms with Gasteiger partial charge in [0.25, 0.3) is 11.8 Å². The highest BCUT2D eigenvalue weighted by molar-refractivity contribution is 6.21. The van der Waals surface area contributed by atoms with Crippen LogP contribution in [0.4, 0.5) is 0 Å². The van der Waals surface area contributed by atoms with Gasteiger partial charge < -0.3 is 0 Å². The molecule has 0 saturated carbocycles. The summed E-state index contributed by atoms with van der Waals surface area (Å²) in [6.45, 7) is 2.21. The van der Waals surface area contributed by atoms with E-state index in [0.29, 0.717) is 11.1 Å². The lowest BCUT2D eigenvalue weighted by Crippen LogP contribution is -2.24. The summed E-state index contributed by atoms with van der Waals surface area (Å²) in [6, 6.07) is 5.66. The van der Waals surface area contributed by atoms with Crippen molar-refractivity contribution in [1.82, 2.24) is 4.90 Å². The summed E-state index contributed by atoms with van der Waals surface area (Å²) < 4.78 is 0. The fourth-order valence-corrected chi connectivity index (χ4v) is 2.50. The van der Waals surface area contributed by atoms with Crippen molar-refractivity contribution in [3.05, 3.63) is 34.9 Å². The van der Waals surface area contributed by atoms with Crippen LogP contribution in [0.1, 0.15) is 65.3 Å². The van der Waals surface area contributed by atoms with Crippen molar-refractivity contribution in [1.29, 1.82) is 0 Å². The van der Waals surface area contributed by atoms with Gasteiger partial charge in [0, 0.05) is 7.05 Å². The highest BCUT2D eigenvalue weighted by Gasteiger charge is 2.32. The molecule has 0 spiro atoms. The summed E-state index contributed by atoms with van der Waals surface area (Å²) in [5.74, 6) is -0.359. The molecule has 0 aromatic heterocycles. The first-order chi connectivity index (χ1) is 9.15. The number of nitrogens with zero attached hydrogens (tertiary/aromatic N) is 1. The van der Waals surface area contributed by atoms with Crippen LogP contribution in [0, 0.1) is 0 Å². The Morgan fingerprint density at radius 3 is 2.37 bits per heavy atom. The Morgan fingerprint density at radius 2 is 1.63 bits per heavy atom. The molecule has 1 aliphatic heterocycles. The molecule has 3 heteroatoms. The minimum absolute atomic E-state index is 0.173. The Balaban J connectivity index is 1.99. The average molecular weight is 259 g/mol. The maximum Gasteiger partial charge on any atom is 0.261 e. The third kappa shape index (κ3) is 2.86. The first-order valence-corrected chi connectivity index (χ1v) is 7.10. The zero-order chi connectivity index (χ0) is 13.8. The first-order valence-electron chi connectivity index (χ1n) is 7.10. The molecule has 0 fully saturated rings. The number of carbonyl (C=O) groups excluding carboxylic acids is 2. The Hall–Kier alpha value is -1.64. The van der Waals surface area contributed by atoms with Crippen molar-refractivity contribution < 1.29 is 9.59 Å². The van der Waals surface area contributed by atoms with Crippen LogP contribution >= 0.6 is 0 Å². The SMILES string of the molecule is CCCCCCCc1ccc2c(c1)C(=O)N(C)C2=O. The van der Waals surface area contributed by atoms with Crippen molar-refractivity contribution in [2.75, 3.05) is 7.05 Å². The Morgan fingerprint density at radius 1 is 0.947 bits per heavy atom. The van der Waals surface area contributed by atoms with E-state index in [9.17, 15) is 9.59 Å². The van der Waals surface area contributed by atoms with E-state index in [1.54, 1.807) is 6.07 Å². The Kier molecular flexibility index (Phi) is 4.35. The molecule has 0 aliphatic carbocycles. The van der Waals surface area contributed by atoms with E-state index in [0.717, 1.165) is 18.4 Å². The lowest BCUT2D eigenvalue weighted by molar-refractivity contribution is 0.0693. The second kappa shape index (κ2) is 6.00. The van der Waals surface area contributed by atoms with Crippen molar-refractivity contribution in [3.63, 3.8) is 0 Å². The predicted molar refractivity (Wildman–Crippen MR) is 75.3 cm³/mol. The molecule has 0 saturated heterocycles. The first kappa shape index (κ1) is 13.8. The van der Waals surface area contributed by atoms with Crippen molar-refractivity contribution in [2.24, 2.45) is 0 Å². The van der Waals surface area contributed by atoms with E-state index < -0.39 is 0 Å². The number of benzene rings is 1. The summed E-state index contributed by atoms with van der Waals surface area (Å²) in [5, 5.41) is 0. The van der Waals surface area contributed by atoms with Gasteiger partial charge in [0.05, 0.1) is 11.1 Å². The number of carbonyl (C=O) groups is 2. The van der Waals surface area contributed by atoms with Crippen LogP contribution in [0.2, 0.25) is 0 Å². The van der Waals surface area contributed by atoms with E-state index in [2.05, 4.69) is 6.92 Å². The van der Waals surface area contributed by atoms with E-state index in [1.807, 2.05) is 12.1 Å². The topological polar surface area (TPSA) is 37.4 Å². The molecule has 1 aliphatic rings. The van der Waals surface area contributed by atoms with Crippen molar-refractivity contribution in [2.45, 2.75) is 45.4 Å². The molecule has 0 radical (unpaired) electrons. The molecule has 102 valence electrons. The predicted octanol–water partition coefficient (Wildman–Crippen LogP) is 3.43. The standard InChI is InChI=1S/C16H21NO2/c1-3-4-5-6-7-8-12-9-10-13-14(11-12)16(19)17(2)15(13)18/h9-11H,3-8H2,1-2H3. The van der Waals surface area contributed by atoms with E-state index in [4.69, 9.17) is 0 Å². The number of fused-ring (bicyclic) bond motifs is 1. The largest absolute Gasteiger partial charge is 0.277 e. The summed E-state index contributed by atoms with van der Waals surface area (Å²) in [4.78, 5) is 24.8. The van der Waals surface area contributed by atoms with Gasteiger partial charge in [-0.05, 0) is 30.5 Å². The lowest BCUT2D eigenvalue weighted by Gasteiger charge is -2.03. The Labute approximate surface area is 114 Å². The number of hydrogen-bond acceptors (Lipinski definition) is 2. The number of unbranched alkanes of at least 4 members (excludes halogenated alkanes) is 4. The molecule has 0 bridgehead atoms. The molecule has 0 N–H and O–H groups in total. The van der Waals surface area contributed by atoms with Crippen LogP contribution < -0.4 is 0 Å². The van der Waals surface area contributed by atoms with Gasteiger partial charge in [-0.15, -0.1) is 0 Å². The third-order valence-electron chi connectivity index (χ3n) is 3.72. The molecular weight excluding hydrogens is 238 g/mol. The molecule has 1 heterocycles. The highest BCUT2D eigenvalue weighted by Crippen LogP contribution is 2.23. The number of aryl methyl sites for hydroxylation is 1. The van der Waals surface area contributed by atoms with E-state index >= 15 is 0 Å².